The molecule has 0 saturated carbocycles. The molecule has 1 aliphatic heterocycles. The Balaban J connectivity index is 1.67. The maximum absolute atomic E-state index is 12.3. The van der Waals surface area contributed by atoms with Crippen LogP contribution < -0.4 is 24.3 Å². The average Bonchev–Trinajstić information content (AvgIpc) is 2.96. The summed E-state index contributed by atoms with van der Waals surface area (Å²) in [6.45, 7) is 6.87. The van der Waals surface area contributed by atoms with Gasteiger partial charge in [0.2, 0.25) is 0 Å². The van der Waals surface area contributed by atoms with E-state index in [-0.39, 0.29) is 11.9 Å². The SMILES string of the molecule is C=CCc1c(OCCCOc2ccc3c(c2CCC)OC(I)(CCC(=O)OC)CC3)ccc(C(=O)NC)c1OC. The average molecular weight is 666 g/mol. The van der Waals surface area contributed by atoms with E-state index in [1.54, 1.807) is 32.4 Å². The lowest BCUT2D eigenvalue weighted by atomic mass is 9.95. The first kappa shape index (κ1) is 31.6. The van der Waals surface area contributed by atoms with Crippen molar-refractivity contribution in [3.8, 4) is 23.0 Å². The van der Waals surface area contributed by atoms with Crippen molar-refractivity contribution in [2.45, 2.75) is 61.9 Å². The minimum atomic E-state index is -0.453. The molecular weight excluding hydrogens is 625 g/mol. The van der Waals surface area contributed by atoms with E-state index in [1.165, 1.54) is 12.7 Å². The number of aryl methyl sites for hydroxylation is 1. The Kier molecular flexibility index (Phi) is 12.0. The summed E-state index contributed by atoms with van der Waals surface area (Å²) in [4.78, 5) is 24.0. The summed E-state index contributed by atoms with van der Waals surface area (Å²) in [7, 11) is 4.54. The molecule has 1 N–H and O–H groups in total. The number of hydrogen-bond donors (Lipinski definition) is 1. The van der Waals surface area contributed by atoms with Crippen molar-refractivity contribution in [2.75, 3.05) is 34.5 Å². The van der Waals surface area contributed by atoms with Crippen LogP contribution >= 0.6 is 22.6 Å². The van der Waals surface area contributed by atoms with Gasteiger partial charge in [0.25, 0.3) is 5.91 Å². The number of carbonyl (C=O) groups is 2. The second-order valence-corrected chi connectivity index (χ2v) is 11.6. The van der Waals surface area contributed by atoms with Gasteiger partial charge in [-0.3, -0.25) is 9.59 Å². The molecule has 2 aromatic carbocycles. The summed E-state index contributed by atoms with van der Waals surface area (Å²) in [6, 6.07) is 7.62. The van der Waals surface area contributed by atoms with Crippen molar-refractivity contribution in [2.24, 2.45) is 0 Å². The van der Waals surface area contributed by atoms with Crippen LogP contribution in [0.1, 0.15) is 66.1 Å². The molecule has 8 nitrogen and oxygen atoms in total. The monoisotopic (exact) mass is 665 g/mol. The van der Waals surface area contributed by atoms with Gasteiger partial charge in [-0.15, -0.1) is 6.58 Å². The quantitative estimate of drug-likeness (QED) is 0.0822. The fourth-order valence-electron chi connectivity index (χ4n) is 4.78. The molecule has 2 aromatic rings. The molecule has 0 fully saturated rings. The zero-order valence-corrected chi connectivity index (χ0v) is 26.1. The van der Waals surface area contributed by atoms with Crippen LogP contribution in [0.3, 0.4) is 0 Å². The van der Waals surface area contributed by atoms with Crippen LogP contribution in [0.25, 0.3) is 0 Å². The molecule has 0 aliphatic carbocycles. The number of methoxy groups -OCH3 is 2. The van der Waals surface area contributed by atoms with E-state index in [0.29, 0.717) is 56.0 Å². The topological polar surface area (TPSA) is 92.3 Å². The molecule has 218 valence electrons. The zero-order chi connectivity index (χ0) is 29.1. The smallest absolute Gasteiger partial charge is 0.305 e. The molecule has 9 heteroatoms. The summed E-state index contributed by atoms with van der Waals surface area (Å²) in [5.41, 5.74) is 3.48. The van der Waals surface area contributed by atoms with E-state index < -0.39 is 3.61 Å². The molecule has 0 bridgehead atoms. The maximum Gasteiger partial charge on any atom is 0.305 e. The highest BCUT2D eigenvalue weighted by atomic mass is 127. The van der Waals surface area contributed by atoms with Gasteiger partial charge in [-0.2, -0.15) is 0 Å². The molecule has 1 heterocycles. The molecule has 1 atom stereocenters. The van der Waals surface area contributed by atoms with Crippen LogP contribution in [-0.4, -0.2) is 50.0 Å². The molecule has 0 spiro atoms. The summed E-state index contributed by atoms with van der Waals surface area (Å²) < 4.78 is 28.8. The molecule has 3 rings (SSSR count). The number of esters is 1. The number of benzene rings is 2. The number of rotatable bonds is 15. The molecular formula is C31H40INO7. The predicted molar refractivity (Wildman–Crippen MR) is 163 cm³/mol. The standard InChI is InChI=1S/C31H40INO7/c1-6-9-22-25(13-11-21-15-17-31(32,40-28(21)22)18-16-27(34)36-4)38-19-8-20-39-26-14-12-24(30(35)33-3)29(37-5)23(26)10-7-2/h7,11-14H,2,6,8-10,15-20H2,1,3-5H3,(H,33,35). The fourth-order valence-corrected chi connectivity index (χ4v) is 5.54. The first-order valence-corrected chi connectivity index (χ1v) is 14.8. The highest BCUT2D eigenvalue weighted by Crippen LogP contribution is 2.45. The molecule has 0 saturated heterocycles. The number of allylic oxidation sites excluding steroid dienone is 1. The minimum Gasteiger partial charge on any atom is -0.495 e. The third-order valence-corrected chi connectivity index (χ3v) is 8.13. The molecule has 1 amide bonds. The number of hydrogen-bond acceptors (Lipinski definition) is 7. The van der Waals surface area contributed by atoms with Gasteiger partial charge < -0.3 is 29.0 Å². The Morgan fingerprint density at radius 3 is 2.45 bits per heavy atom. The number of ether oxygens (including phenoxy) is 5. The third-order valence-electron chi connectivity index (χ3n) is 6.83. The van der Waals surface area contributed by atoms with Crippen molar-refractivity contribution in [3.63, 3.8) is 0 Å². The van der Waals surface area contributed by atoms with Gasteiger partial charge in [0, 0.05) is 37.4 Å². The lowest BCUT2D eigenvalue weighted by Crippen LogP contribution is -2.34. The van der Waals surface area contributed by atoms with Crippen LogP contribution in [0, 0.1) is 0 Å². The second kappa shape index (κ2) is 15.2. The second-order valence-electron chi connectivity index (χ2n) is 9.59. The van der Waals surface area contributed by atoms with E-state index >= 15 is 0 Å². The Hall–Kier alpha value is -2.95. The van der Waals surface area contributed by atoms with Crippen LogP contribution in [-0.2, 0) is 28.8 Å². The largest absolute Gasteiger partial charge is 0.495 e. The predicted octanol–water partition coefficient (Wildman–Crippen LogP) is 5.99. The number of carbonyl (C=O) groups excluding carboxylic acids is 2. The molecule has 1 aliphatic rings. The summed E-state index contributed by atoms with van der Waals surface area (Å²) >= 11 is 2.33. The summed E-state index contributed by atoms with van der Waals surface area (Å²) in [5.74, 6) is 2.41. The van der Waals surface area contributed by atoms with Crippen molar-refractivity contribution in [3.05, 3.63) is 59.2 Å². The van der Waals surface area contributed by atoms with Gasteiger partial charge in [0.1, 0.15) is 23.0 Å². The minimum absolute atomic E-state index is 0.220. The Labute approximate surface area is 250 Å². The van der Waals surface area contributed by atoms with Gasteiger partial charge in [-0.05, 0) is 65.6 Å². The van der Waals surface area contributed by atoms with Crippen molar-refractivity contribution in [1.82, 2.24) is 5.32 Å². The molecule has 0 radical (unpaired) electrons. The van der Waals surface area contributed by atoms with Gasteiger partial charge in [0.05, 0.1) is 39.4 Å². The number of nitrogens with one attached hydrogen (secondary N) is 1. The number of halogens is 1. The van der Waals surface area contributed by atoms with E-state index in [1.807, 2.05) is 6.07 Å². The highest BCUT2D eigenvalue weighted by molar-refractivity contribution is 14.1. The number of amides is 1. The van der Waals surface area contributed by atoms with Gasteiger partial charge in [-0.1, -0.05) is 25.5 Å². The van der Waals surface area contributed by atoms with Crippen molar-refractivity contribution in [1.29, 1.82) is 0 Å². The van der Waals surface area contributed by atoms with E-state index in [0.717, 1.165) is 48.3 Å². The van der Waals surface area contributed by atoms with Gasteiger partial charge >= 0.3 is 5.97 Å². The number of fused-ring (bicyclic) bond motifs is 1. The zero-order valence-electron chi connectivity index (χ0n) is 23.9. The summed E-state index contributed by atoms with van der Waals surface area (Å²) in [6.07, 6.45) is 7.35. The fraction of sp³-hybridized carbons (Fsp3) is 0.484. The Morgan fingerprint density at radius 2 is 1.82 bits per heavy atom. The van der Waals surface area contributed by atoms with Crippen molar-refractivity contribution >= 4 is 34.5 Å². The first-order chi connectivity index (χ1) is 19.3. The van der Waals surface area contributed by atoms with Crippen molar-refractivity contribution < 1.29 is 33.3 Å². The highest BCUT2D eigenvalue weighted by Gasteiger charge is 2.36. The normalized spacial score (nSPS) is 15.8. The third kappa shape index (κ3) is 7.83. The molecule has 0 aromatic heterocycles. The lowest BCUT2D eigenvalue weighted by molar-refractivity contribution is -0.141. The maximum atomic E-state index is 12.3. The summed E-state index contributed by atoms with van der Waals surface area (Å²) in [5, 5.41) is 2.64. The van der Waals surface area contributed by atoms with Crippen LogP contribution in [0.4, 0.5) is 0 Å². The van der Waals surface area contributed by atoms with Gasteiger partial charge in [0.15, 0.2) is 3.61 Å². The van der Waals surface area contributed by atoms with Crippen LogP contribution in [0.15, 0.2) is 36.9 Å². The molecule has 1 unspecified atom stereocenters. The van der Waals surface area contributed by atoms with E-state index in [4.69, 9.17) is 23.7 Å². The van der Waals surface area contributed by atoms with Crippen LogP contribution in [0.5, 0.6) is 23.0 Å². The molecule has 40 heavy (non-hydrogen) atoms. The lowest BCUT2D eigenvalue weighted by Gasteiger charge is -2.35. The van der Waals surface area contributed by atoms with E-state index in [9.17, 15) is 9.59 Å². The van der Waals surface area contributed by atoms with Gasteiger partial charge in [-0.25, -0.2) is 0 Å². The Bertz CT molecular complexity index is 1200. The first-order valence-electron chi connectivity index (χ1n) is 13.7. The van der Waals surface area contributed by atoms with E-state index in [2.05, 4.69) is 47.5 Å². The Morgan fingerprint density at radius 1 is 1.12 bits per heavy atom. The number of alkyl halides is 1. The van der Waals surface area contributed by atoms with Crippen LogP contribution in [0.2, 0.25) is 0 Å².